The van der Waals surface area contributed by atoms with E-state index in [0.29, 0.717) is 63.4 Å². The largest absolute Gasteiger partial charge is 0.375 e. The van der Waals surface area contributed by atoms with E-state index < -0.39 is 23.8 Å². The summed E-state index contributed by atoms with van der Waals surface area (Å²) in [4.78, 5) is 27.0. The van der Waals surface area contributed by atoms with Gasteiger partial charge in [0, 0.05) is 38.3 Å². The van der Waals surface area contributed by atoms with E-state index in [9.17, 15) is 22.8 Å². The van der Waals surface area contributed by atoms with E-state index >= 15 is 0 Å². The van der Waals surface area contributed by atoms with Crippen LogP contribution in [-0.4, -0.2) is 73.7 Å². The average Bonchev–Trinajstić information content (AvgIpc) is 2.70. The van der Waals surface area contributed by atoms with Crippen molar-refractivity contribution in [3.05, 3.63) is 24.0 Å². The third-order valence-corrected chi connectivity index (χ3v) is 6.30. The summed E-state index contributed by atoms with van der Waals surface area (Å²) < 4.78 is 43.2. The number of halogens is 3. The molecule has 3 fully saturated rings. The van der Waals surface area contributed by atoms with Crippen LogP contribution < -0.4 is 15.5 Å². The maximum absolute atomic E-state index is 14.8. The Morgan fingerprint density at radius 2 is 1.87 bits per heavy atom. The number of nitrogens with one attached hydrogen (secondary N) is 2. The van der Waals surface area contributed by atoms with Crippen LogP contribution >= 0.6 is 0 Å². The van der Waals surface area contributed by atoms with E-state index in [4.69, 9.17) is 0 Å². The van der Waals surface area contributed by atoms with Crippen molar-refractivity contribution >= 4 is 22.9 Å². The van der Waals surface area contributed by atoms with Crippen LogP contribution in [0.25, 0.3) is 0 Å². The first-order valence-corrected chi connectivity index (χ1v) is 10.5. The summed E-state index contributed by atoms with van der Waals surface area (Å²) in [5, 5.41) is 5.77. The van der Waals surface area contributed by atoms with Gasteiger partial charge < -0.3 is 15.5 Å². The lowest BCUT2D eigenvalue weighted by Crippen LogP contribution is -2.61. The number of ketones is 2. The minimum absolute atomic E-state index is 0.0547. The number of anilines is 2. The Balaban J connectivity index is 1.36. The van der Waals surface area contributed by atoms with Gasteiger partial charge in [0.25, 0.3) is 5.92 Å². The number of benzene rings is 1. The number of rotatable bonds is 4. The lowest BCUT2D eigenvalue weighted by molar-refractivity contribution is -0.130. The molecule has 2 heterocycles. The van der Waals surface area contributed by atoms with Crippen LogP contribution in [0.3, 0.4) is 0 Å². The van der Waals surface area contributed by atoms with E-state index in [2.05, 4.69) is 10.6 Å². The van der Waals surface area contributed by atoms with Gasteiger partial charge in [-0.05, 0) is 37.6 Å². The normalized spacial score (nSPS) is 27.9. The van der Waals surface area contributed by atoms with Crippen molar-refractivity contribution in [2.24, 2.45) is 0 Å². The number of piperidine rings is 1. The number of hydrogen-bond acceptors (Lipinski definition) is 6. The molecule has 2 aliphatic heterocycles. The van der Waals surface area contributed by atoms with Crippen molar-refractivity contribution in [1.29, 1.82) is 0 Å². The summed E-state index contributed by atoms with van der Waals surface area (Å²) >= 11 is 0. The highest BCUT2D eigenvalue weighted by Gasteiger charge is 2.45. The van der Waals surface area contributed by atoms with Crippen LogP contribution in [0.5, 0.6) is 0 Å². The molecule has 2 saturated heterocycles. The molecule has 2 unspecified atom stereocenters. The second-order valence-electron chi connectivity index (χ2n) is 8.35. The molecule has 0 bridgehead atoms. The summed E-state index contributed by atoms with van der Waals surface area (Å²) in [6.45, 7) is 2.17. The van der Waals surface area contributed by atoms with Crippen LogP contribution in [-0.2, 0) is 9.59 Å². The molecule has 0 amide bonds. The van der Waals surface area contributed by atoms with E-state index in [1.165, 1.54) is 6.07 Å². The summed E-state index contributed by atoms with van der Waals surface area (Å²) in [6.07, 6.45) is 1.11. The molecule has 1 aromatic rings. The highest BCUT2D eigenvalue weighted by atomic mass is 19.3. The van der Waals surface area contributed by atoms with Crippen molar-refractivity contribution in [2.75, 3.05) is 49.5 Å². The molecule has 9 heteroatoms. The topological polar surface area (TPSA) is 64.7 Å². The molecule has 30 heavy (non-hydrogen) atoms. The lowest BCUT2D eigenvalue weighted by Gasteiger charge is -2.44. The molecule has 0 spiro atoms. The average molecular weight is 424 g/mol. The molecule has 6 nitrogen and oxygen atoms in total. The molecule has 2 atom stereocenters. The van der Waals surface area contributed by atoms with Crippen LogP contribution in [0.15, 0.2) is 18.2 Å². The third-order valence-electron chi connectivity index (χ3n) is 6.30. The Bertz CT molecular complexity index is 811. The van der Waals surface area contributed by atoms with E-state index in [1.54, 1.807) is 12.1 Å². The van der Waals surface area contributed by atoms with Crippen molar-refractivity contribution < 1.29 is 22.8 Å². The van der Waals surface area contributed by atoms with Crippen molar-refractivity contribution in [1.82, 2.24) is 10.2 Å². The Morgan fingerprint density at radius 3 is 2.53 bits per heavy atom. The predicted octanol–water partition coefficient (Wildman–Crippen LogP) is 2.05. The van der Waals surface area contributed by atoms with Gasteiger partial charge in [-0.3, -0.25) is 14.5 Å². The fraction of sp³-hybridized carbons (Fsp3) is 0.619. The maximum atomic E-state index is 14.8. The van der Waals surface area contributed by atoms with Gasteiger partial charge in [-0.1, -0.05) is 0 Å². The van der Waals surface area contributed by atoms with E-state index in [-0.39, 0.29) is 24.5 Å². The van der Waals surface area contributed by atoms with Gasteiger partial charge in [0.1, 0.15) is 11.6 Å². The van der Waals surface area contributed by atoms with Gasteiger partial charge in [0.05, 0.1) is 30.7 Å². The van der Waals surface area contributed by atoms with Gasteiger partial charge in [-0.2, -0.15) is 0 Å². The highest BCUT2D eigenvalue weighted by Crippen LogP contribution is 2.30. The standard InChI is InChI=1S/C21H27F3N4O2/c22-16-11-14(26-17-3-2-15(29)12-19(17)30)1-4-18(16)27-7-9-28(10-8-27)20-5-6-25-13-21(20,23)24/h1,4,11,17,20,25-26H,2-3,5-10,12-13H2. The fourth-order valence-corrected chi connectivity index (χ4v) is 4.63. The van der Waals surface area contributed by atoms with Crippen LogP contribution in [0, 0.1) is 5.82 Å². The van der Waals surface area contributed by atoms with Crippen LogP contribution in [0.2, 0.25) is 0 Å². The number of carbonyl (C=O) groups excluding carboxylic acids is 2. The zero-order valence-electron chi connectivity index (χ0n) is 16.8. The molecule has 1 saturated carbocycles. The zero-order valence-corrected chi connectivity index (χ0v) is 16.8. The number of Topliss-reactive ketones (excluding diaryl/α,β-unsaturated/α-hetero) is 2. The van der Waals surface area contributed by atoms with Crippen molar-refractivity contribution in [2.45, 2.75) is 43.7 Å². The first-order valence-electron chi connectivity index (χ1n) is 10.5. The Morgan fingerprint density at radius 1 is 1.10 bits per heavy atom. The lowest BCUT2D eigenvalue weighted by atomic mass is 9.93. The molecular formula is C21H27F3N4O2. The van der Waals surface area contributed by atoms with Gasteiger partial charge >= 0.3 is 0 Å². The molecule has 1 aromatic carbocycles. The van der Waals surface area contributed by atoms with Crippen LogP contribution in [0.4, 0.5) is 24.5 Å². The van der Waals surface area contributed by atoms with Gasteiger partial charge in [0.2, 0.25) is 0 Å². The summed E-state index contributed by atoms with van der Waals surface area (Å²) in [5.74, 6) is -3.39. The maximum Gasteiger partial charge on any atom is 0.275 e. The minimum Gasteiger partial charge on any atom is -0.375 e. The SMILES string of the molecule is O=C1CCC(Nc2ccc(N3CCN(C4CCNCC4(F)F)CC3)c(F)c2)C(=O)C1. The molecule has 3 aliphatic rings. The Hall–Kier alpha value is -2.13. The monoisotopic (exact) mass is 424 g/mol. The number of piperazine rings is 1. The highest BCUT2D eigenvalue weighted by molar-refractivity contribution is 6.04. The zero-order chi connectivity index (χ0) is 21.3. The fourth-order valence-electron chi connectivity index (χ4n) is 4.63. The summed E-state index contributed by atoms with van der Waals surface area (Å²) in [6, 6.07) is 3.49. The van der Waals surface area contributed by atoms with Gasteiger partial charge in [0.15, 0.2) is 5.78 Å². The first-order chi connectivity index (χ1) is 14.3. The Kier molecular flexibility index (Phi) is 6.02. The smallest absolute Gasteiger partial charge is 0.275 e. The predicted molar refractivity (Wildman–Crippen MR) is 108 cm³/mol. The first kappa shape index (κ1) is 21.1. The van der Waals surface area contributed by atoms with Gasteiger partial charge in [-0.25, -0.2) is 13.2 Å². The number of alkyl halides is 2. The molecule has 1 aliphatic carbocycles. The quantitative estimate of drug-likeness (QED) is 0.722. The Labute approximate surface area is 173 Å². The van der Waals surface area contributed by atoms with Crippen molar-refractivity contribution in [3.8, 4) is 0 Å². The summed E-state index contributed by atoms with van der Waals surface area (Å²) in [5.41, 5.74) is 0.930. The third kappa shape index (κ3) is 4.46. The molecule has 164 valence electrons. The van der Waals surface area contributed by atoms with Crippen LogP contribution in [0.1, 0.15) is 25.7 Å². The minimum atomic E-state index is -2.75. The molecule has 0 aromatic heterocycles. The molecular weight excluding hydrogens is 397 g/mol. The van der Waals surface area contributed by atoms with E-state index in [1.807, 2.05) is 9.80 Å². The molecule has 0 radical (unpaired) electrons. The number of nitrogens with zero attached hydrogens (tertiary/aromatic N) is 2. The number of carbonyl (C=O) groups is 2. The second-order valence-corrected chi connectivity index (χ2v) is 8.35. The molecule has 4 rings (SSSR count). The van der Waals surface area contributed by atoms with Gasteiger partial charge in [-0.15, -0.1) is 0 Å². The molecule has 2 N–H and O–H groups in total. The summed E-state index contributed by atoms with van der Waals surface area (Å²) in [7, 11) is 0. The van der Waals surface area contributed by atoms with Crippen molar-refractivity contribution in [3.63, 3.8) is 0 Å². The number of hydrogen-bond donors (Lipinski definition) is 2. The second kappa shape index (κ2) is 8.55. The van der Waals surface area contributed by atoms with E-state index in [0.717, 1.165) is 0 Å².